The SMILES string of the molecule is COC1(C(=O)O)C=CN(C(=O)O)C=C1Br. The number of aliphatic carboxylic acids is 1. The molecule has 1 atom stereocenters. The van der Waals surface area contributed by atoms with Gasteiger partial charge in [0.2, 0.25) is 5.60 Å². The van der Waals surface area contributed by atoms with Crippen LogP contribution in [0.2, 0.25) is 0 Å². The van der Waals surface area contributed by atoms with E-state index in [4.69, 9.17) is 14.9 Å². The van der Waals surface area contributed by atoms with Crippen LogP contribution in [0.5, 0.6) is 0 Å². The summed E-state index contributed by atoms with van der Waals surface area (Å²) in [7, 11) is 1.23. The van der Waals surface area contributed by atoms with Crippen LogP contribution in [0.15, 0.2) is 23.0 Å². The van der Waals surface area contributed by atoms with Crippen molar-refractivity contribution in [3.63, 3.8) is 0 Å². The number of carboxylic acid groups (broad SMARTS) is 2. The highest BCUT2D eigenvalue weighted by Gasteiger charge is 2.42. The number of rotatable bonds is 2. The van der Waals surface area contributed by atoms with E-state index in [1.54, 1.807) is 0 Å². The highest BCUT2D eigenvalue weighted by atomic mass is 79.9. The molecule has 0 radical (unpaired) electrons. The van der Waals surface area contributed by atoms with Gasteiger partial charge in [-0.3, -0.25) is 4.90 Å². The first kappa shape index (κ1) is 11.7. The minimum Gasteiger partial charge on any atom is -0.479 e. The fraction of sp³-hybridized carbons (Fsp3) is 0.250. The molecule has 6 nitrogen and oxygen atoms in total. The molecule has 0 aromatic carbocycles. The topological polar surface area (TPSA) is 87.1 Å². The smallest absolute Gasteiger partial charge is 0.415 e. The summed E-state index contributed by atoms with van der Waals surface area (Å²) >= 11 is 2.98. The lowest BCUT2D eigenvalue weighted by atomic mass is 10.0. The summed E-state index contributed by atoms with van der Waals surface area (Å²) in [5.74, 6) is -1.23. The third-order valence-corrected chi connectivity index (χ3v) is 2.73. The molecule has 0 aromatic rings. The fourth-order valence-corrected chi connectivity index (χ4v) is 1.76. The maximum atomic E-state index is 11.0. The minimum atomic E-state index is -1.65. The van der Waals surface area contributed by atoms with Gasteiger partial charge in [0.1, 0.15) is 0 Å². The number of carbonyl (C=O) groups is 2. The maximum Gasteiger partial charge on any atom is 0.415 e. The van der Waals surface area contributed by atoms with Crippen molar-refractivity contribution in [1.29, 1.82) is 0 Å². The van der Waals surface area contributed by atoms with Gasteiger partial charge in [-0.05, 0) is 22.0 Å². The number of hydrogen-bond donors (Lipinski definition) is 2. The second-order valence-electron chi connectivity index (χ2n) is 2.73. The Morgan fingerprint density at radius 1 is 1.53 bits per heavy atom. The van der Waals surface area contributed by atoms with Crippen molar-refractivity contribution in [2.24, 2.45) is 0 Å². The highest BCUT2D eigenvalue weighted by molar-refractivity contribution is 9.11. The van der Waals surface area contributed by atoms with Gasteiger partial charge >= 0.3 is 12.1 Å². The number of hydrogen-bond acceptors (Lipinski definition) is 3. The zero-order chi connectivity index (χ0) is 11.6. The van der Waals surface area contributed by atoms with Gasteiger partial charge in [0, 0.05) is 19.5 Å². The van der Waals surface area contributed by atoms with Gasteiger partial charge in [-0.25, -0.2) is 9.59 Å². The summed E-state index contributed by atoms with van der Waals surface area (Å²) in [5, 5.41) is 17.6. The molecule has 0 spiro atoms. The molecule has 0 aliphatic carbocycles. The van der Waals surface area contributed by atoms with E-state index in [1.165, 1.54) is 7.11 Å². The second-order valence-corrected chi connectivity index (χ2v) is 3.58. The van der Waals surface area contributed by atoms with E-state index in [1.807, 2.05) is 0 Å². The quantitative estimate of drug-likeness (QED) is 0.792. The standard InChI is InChI=1S/C8H8BrNO5/c1-15-8(6(11)12)2-3-10(7(13)14)4-5(8)9/h2-4H,1H3,(H,11,12)(H,13,14). The minimum absolute atomic E-state index is 0.106. The van der Waals surface area contributed by atoms with Gasteiger partial charge in [0.15, 0.2) is 0 Å². The Hall–Kier alpha value is -1.34. The highest BCUT2D eigenvalue weighted by Crippen LogP contribution is 2.32. The summed E-state index contributed by atoms with van der Waals surface area (Å²) in [6.07, 6.45) is 2.18. The van der Waals surface area contributed by atoms with Crippen molar-refractivity contribution < 1.29 is 24.5 Å². The predicted molar refractivity (Wildman–Crippen MR) is 53.4 cm³/mol. The van der Waals surface area contributed by atoms with E-state index in [-0.39, 0.29) is 4.48 Å². The first-order chi connectivity index (χ1) is 6.94. The summed E-state index contributed by atoms with van der Waals surface area (Å²) in [6.45, 7) is 0. The van der Waals surface area contributed by atoms with E-state index in [0.717, 1.165) is 23.4 Å². The maximum absolute atomic E-state index is 11.0. The molecule has 0 saturated heterocycles. The van der Waals surface area contributed by atoms with Crippen LogP contribution < -0.4 is 0 Å². The molecule has 15 heavy (non-hydrogen) atoms. The molecule has 0 saturated carbocycles. The fourth-order valence-electron chi connectivity index (χ4n) is 1.07. The van der Waals surface area contributed by atoms with Crippen LogP contribution in [0.3, 0.4) is 0 Å². The van der Waals surface area contributed by atoms with Gasteiger partial charge in [-0.2, -0.15) is 0 Å². The number of ether oxygens (including phenoxy) is 1. The molecule has 7 heteroatoms. The summed E-state index contributed by atoms with van der Waals surface area (Å²) in [5.41, 5.74) is -1.65. The Kier molecular flexibility index (Phi) is 3.15. The van der Waals surface area contributed by atoms with E-state index < -0.39 is 17.7 Å². The zero-order valence-electron chi connectivity index (χ0n) is 7.68. The van der Waals surface area contributed by atoms with Crippen molar-refractivity contribution in [3.05, 3.63) is 23.0 Å². The number of nitrogens with zero attached hydrogens (tertiary/aromatic N) is 1. The molecule has 1 aliphatic rings. The Morgan fingerprint density at radius 3 is 2.47 bits per heavy atom. The molecule has 82 valence electrons. The summed E-state index contributed by atoms with van der Waals surface area (Å²) < 4.78 is 4.97. The van der Waals surface area contributed by atoms with Crippen molar-refractivity contribution in [2.45, 2.75) is 5.60 Å². The van der Waals surface area contributed by atoms with Gasteiger partial charge in [0.25, 0.3) is 0 Å². The third-order valence-electron chi connectivity index (χ3n) is 1.94. The molecule has 0 fully saturated rings. The van der Waals surface area contributed by atoms with Crippen molar-refractivity contribution >= 4 is 28.0 Å². The molecule has 2 N–H and O–H groups in total. The van der Waals surface area contributed by atoms with Crippen LogP contribution in [0, 0.1) is 0 Å². The molecule has 0 aromatic heterocycles. The van der Waals surface area contributed by atoms with Crippen molar-refractivity contribution in [3.8, 4) is 0 Å². The lowest BCUT2D eigenvalue weighted by molar-refractivity contribution is -0.152. The average Bonchev–Trinajstić information content (AvgIpc) is 2.17. The average molecular weight is 278 g/mol. The molecule has 1 heterocycles. The second kappa shape index (κ2) is 4.03. The largest absolute Gasteiger partial charge is 0.479 e. The van der Waals surface area contributed by atoms with E-state index in [9.17, 15) is 9.59 Å². The lowest BCUT2D eigenvalue weighted by Gasteiger charge is -2.28. The van der Waals surface area contributed by atoms with Crippen LogP contribution in [0.1, 0.15) is 0 Å². The molecular formula is C8H8BrNO5. The van der Waals surface area contributed by atoms with Gasteiger partial charge in [0.05, 0.1) is 4.48 Å². The van der Waals surface area contributed by atoms with Crippen LogP contribution >= 0.6 is 15.9 Å². The van der Waals surface area contributed by atoms with E-state index in [2.05, 4.69) is 15.9 Å². The van der Waals surface area contributed by atoms with Gasteiger partial charge < -0.3 is 14.9 Å². The number of carboxylic acids is 1. The van der Waals surface area contributed by atoms with Crippen LogP contribution in [-0.2, 0) is 9.53 Å². The molecule has 1 aliphatic heterocycles. The van der Waals surface area contributed by atoms with Crippen LogP contribution in [0.4, 0.5) is 4.79 Å². The molecule has 0 bridgehead atoms. The molecule has 1 amide bonds. The summed E-state index contributed by atoms with van der Waals surface area (Å²) in [6, 6.07) is 0. The van der Waals surface area contributed by atoms with Crippen molar-refractivity contribution in [2.75, 3.05) is 7.11 Å². The first-order valence-electron chi connectivity index (χ1n) is 3.81. The zero-order valence-corrected chi connectivity index (χ0v) is 9.26. The van der Waals surface area contributed by atoms with E-state index >= 15 is 0 Å². The number of halogens is 1. The van der Waals surface area contributed by atoms with E-state index in [0.29, 0.717) is 0 Å². The van der Waals surface area contributed by atoms with Crippen LogP contribution in [-0.4, -0.2) is 39.9 Å². The van der Waals surface area contributed by atoms with Crippen LogP contribution in [0.25, 0.3) is 0 Å². The Morgan fingerprint density at radius 2 is 2.13 bits per heavy atom. The van der Waals surface area contributed by atoms with Gasteiger partial charge in [-0.1, -0.05) is 0 Å². The number of methoxy groups -OCH3 is 1. The van der Waals surface area contributed by atoms with Crippen molar-refractivity contribution in [1.82, 2.24) is 4.90 Å². The molecule has 1 unspecified atom stereocenters. The predicted octanol–water partition coefficient (Wildman–Crippen LogP) is 1.20. The normalized spacial score (nSPS) is 24.9. The molecule has 1 rings (SSSR count). The lowest BCUT2D eigenvalue weighted by Crippen LogP contribution is -2.42. The Balaban J connectivity index is 3.10. The Labute approximate surface area is 93.6 Å². The number of amides is 1. The van der Waals surface area contributed by atoms with Gasteiger partial charge in [-0.15, -0.1) is 0 Å². The molecular weight excluding hydrogens is 270 g/mol. The third kappa shape index (κ3) is 1.88. The summed E-state index contributed by atoms with van der Waals surface area (Å²) in [4.78, 5) is 22.4. The Bertz CT molecular complexity index is 364. The first-order valence-corrected chi connectivity index (χ1v) is 4.60. The monoisotopic (exact) mass is 277 g/mol.